The summed E-state index contributed by atoms with van der Waals surface area (Å²) in [6, 6.07) is 0. The Balaban J connectivity index is 2.38. The second kappa shape index (κ2) is 1.78. The van der Waals surface area contributed by atoms with Crippen LogP contribution in [-0.2, 0) is 0 Å². The molecule has 0 aromatic heterocycles. The highest BCUT2D eigenvalue weighted by molar-refractivity contribution is 5.48. The molecular weight excluding hydrogens is 134 g/mol. The lowest BCUT2D eigenvalue weighted by Crippen LogP contribution is -2.27. The molecule has 0 spiro atoms. The van der Waals surface area contributed by atoms with Crippen molar-refractivity contribution in [3.05, 3.63) is 24.3 Å². The Hall–Kier alpha value is -1.00. The number of allylic oxidation sites excluding steroid dienone is 2. The smallest absolute Gasteiger partial charge is 0.0733 e. The van der Waals surface area contributed by atoms with Gasteiger partial charge in [0.05, 0.1) is 11.0 Å². The Morgan fingerprint density at radius 3 is 2.73 bits per heavy atom. The molecule has 1 saturated carbocycles. The van der Waals surface area contributed by atoms with E-state index in [0.29, 0.717) is 0 Å². The summed E-state index contributed by atoms with van der Waals surface area (Å²) in [4.78, 5) is 0. The Bertz CT molecular complexity index is 303. The summed E-state index contributed by atoms with van der Waals surface area (Å²) in [6.45, 7) is 1.86. The van der Waals surface area contributed by atoms with Gasteiger partial charge in [-0.3, -0.25) is 0 Å². The fourth-order valence-corrected chi connectivity index (χ4v) is 1.71. The highest BCUT2D eigenvalue weighted by Crippen LogP contribution is 2.57. The van der Waals surface area contributed by atoms with E-state index in [1.807, 2.05) is 19.1 Å². The van der Waals surface area contributed by atoms with Gasteiger partial charge in [-0.25, -0.2) is 0 Å². The van der Waals surface area contributed by atoms with Gasteiger partial charge >= 0.3 is 0 Å². The van der Waals surface area contributed by atoms with Crippen molar-refractivity contribution in [3.63, 3.8) is 0 Å². The van der Waals surface area contributed by atoms with E-state index >= 15 is 0 Å². The van der Waals surface area contributed by atoms with Crippen LogP contribution in [0.25, 0.3) is 0 Å². The van der Waals surface area contributed by atoms with Crippen molar-refractivity contribution in [2.45, 2.75) is 18.9 Å². The maximum atomic E-state index is 6.03. The zero-order valence-electron chi connectivity index (χ0n) is 6.59. The Morgan fingerprint density at radius 1 is 1.36 bits per heavy atom. The van der Waals surface area contributed by atoms with E-state index in [4.69, 9.17) is 5.73 Å². The van der Waals surface area contributed by atoms with Crippen LogP contribution in [-0.4, -0.2) is 5.54 Å². The van der Waals surface area contributed by atoms with Gasteiger partial charge in [-0.05, 0) is 13.3 Å². The van der Waals surface area contributed by atoms with E-state index in [1.54, 1.807) is 0 Å². The van der Waals surface area contributed by atoms with Crippen LogP contribution in [0.5, 0.6) is 0 Å². The average Bonchev–Trinajstić information content (AvgIpc) is 2.56. The van der Waals surface area contributed by atoms with Crippen LogP contribution in [0.2, 0.25) is 0 Å². The van der Waals surface area contributed by atoms with Crippen molar-refractivity contribution in [2.24, 2.45) is 11.1 Å². The molecule has 1 nitrogen and oxygen atoms in total. The highest BCUT2D eigenvalue weighted by atomic mass is 14.9. The van der Waals surface area contributed by atoms with Crippen LogP contribution >= 0.6 is 0 Å². The molecule has 0 aliphatic heterocycles. The molecule has 0 saturated heterocycles. The fraction of sp³-hybridized carbons (Fsp3) is 0.400. The third kappa shape index (κ3) is 0.706. The minimum atomic E-state index is -0.148. The topological polar surface area (TPSA) is 26.0 Å². The minimum absolute atomic E-state index is 0.0174. The molecule has 0 heterocycles. The Kier molecular flexibility index (Phi) is 1.08. The van der Waals surface area contributed by atoms with Crippen LogP contribution in [0, 0.1) is 17.3 Å². The predicted octanol–water partition coefficient (Wildman–Crippen LogP) is 1.22. The monoisotopic (exact) mass is 145 g/mol. The van der Waals surface area contributed by atoms with E-state index in [0.717, 1.165) is 6.42 Å². The van der Waals surface area contributed by atoms with Gasteiger partial charge in [0, 0.05) is 0 Å². The van der Waals surface area contributed by atoms with Crippen LogP contribution in [0.15, 0.2) is 24.3 Å². The Morgan fingerprint density at radius 2 is 2.09 bits per heavy atom. The highest BCUT2D eigenvalue weighted by Gasteiger charge is 2.62. The lowest BCUT2D eigenvalue weighted by Gasteiger charge is -2.12. The molecule has 0 aromatic rings. The van der Waals surface area contributed by atoms with E-state index in [9.17, 15) is 0 Å². The first-order valence-electron chi connectivity index (χ1n) is 3.82. The molecular formula is C10H11N. The quantitative estimate of drug-likeness (QED) is 0.510. The maximum Gasteiger partial charge on any atom is 0.0733 e. The molecule has 0 aromatic carbocycles. The van der Waals surface area contributed by atoms with E-state index in [1.165, 1.54) is 0 Å². The molecule has 1 fully saturated rings. The van der Waals surface area contributed by atoms with Gasteiger partial charge in [0.2, 0.25) is 0 Å². The second-order valence-corrected chi connectivity index (χ2v) is 3.28. The fourth-order valence-electron chi connectivity index (χ4n) is 1.71. The number of nitrogens with two attached hydrogens (primary N) is 1. The zero-order chi connectivity index (χ0) is 7.95. The molecule has 2 rings (SSSR count). The molecule has 2 aliphatic carbocycles. The van der Waals surface area contributed by atoms with Crippen LogP contribution < -0.4 is 5.73 Å². The number of hydrogen-bond donors (Lipinski definition) is 1. The van der Waals surface area contributed by atoms with E-state index < -0.39 is 0 Å². The molecule has 0 amide bonds. The van der Waals surface area contributed by atoms with E-state index in [2.05, 4.69) is 24.0 Å². The summed E-state index contributed by atoms with van der Waals surface area (Å²) in [6.07, 6.45) is 9.18. The largest absolute Gasteiger partial charge is 0.320 e. The molecule has 0 radical (unpaired) electrons. The molecule has 0 bridgehead atoms. The molecule has 11 heavy (non-hydrogen) atoms. The summed E-state index contributed by atoms with van der Waals surface area (Å²) in [5.74, 6) is 6.09. The first kappa shape index (κ1) is 6.69. The first-order valence-corrected chi connectivity index (χ1v) is 3.82. The van der Waals surface area contributed by atoms with Crippen molar-refractivity contribution in [1.82, 2.24) is 0 Å². The normalized spacial score (nSPS) is 44.2. The molecule has 2 aliphatic rings. The SMILES string of the molecule is CC#CC12C=CC=CC1(N)C2. The molecule has 2 unspecified atom stereocenters. The van der Waals surface area contributed by atoms with Gasteiger partial charge in [-0.2, -0.15) is 0 Å². The van der Waals surface area contributed by atoms with Crippen LogP contribution in [0.3, 0.4) is 0 Å². The van der Waals surface area contributed by atoms with Gasteiger partial charge in [0.1, 0.15) is 0 Å². The number of hydrogen-bond acceptors (Lipinski definition) is 1. The van der Waals surface area contributed by atoms with Crippen molar-refractivity contribution < 1.29 is 0 Å². The van der Waals surface area contributed by atoms with Gasteiger partial charge in [0.25, 0.3) is 0 Å². The van der Waals surface area contributed by atoms with Gasteiger partial charge in [0.15, 0.2) is 0 Å². The number of rotatable bonds is 0. The van der Waals surface area contributed by atoms with Gasteiger partial charge < -0.3 is 5.73 Å². The van der Waals surface area contributed by atoms with Crippen molar-refractivity contribution in [2.75, 3.05) is 0 Å². The molecule has 2 atom stereocenters. The average molecular weight is 145 g/mol. The molecule has 1 heteroatoms. The predicted molar refractivity (Wildman–Crippen MR) is 45.7 cm³/mol. The zero-order valence-corrected chi connectivity index (χ0v) is 6.59. The lowest BCUT2D eigenvalue weighted by atomic mass is 9.96. The first-order chi connectivity index (χ1) is 5.22. The number of fused-ring (bicyclic) bond motifs is 1. The maximum absolute atomic E-state index is 6.03. The Labute approximate surface area is 67.0 Å². The summed E-state index contributed by atoms with van der Waals surface area (Å²) >= 11 is 0. The summed E-state index contributed by atoms with van der Waals surface area (Å²) in [5, 5.41) is 0. The molecule has 2 N–H and O–H groups in total. The molecule has 56 valence electrons. The minimum Gasteiger partial charge on any atom is -0.320 e. The van der Waals surface area contributed by atoms with E-state index in [-0.39, 0.29) is 11.0 Å². The van der Waals surface area contributed by atoms with Crippen LogP contribution in [0.4, 0.5) is 0 Å². The van der Waals surface area contributed by atoms with Gasteiger partial charge in [-0.15, -0.1) is 5.92 Å². The third-order valence-electron chi connectivity index (χ3n) is 2.51. The lowest BCUT2D eigenvalue weighted by molar-refractivity contribution is 0.704. The second-order valence-electron chi connectivity index (χ2n) is 3.28. The van der Waals surface area contributed by atoms with Crippen molar-refractivity contribution in [1.29, 1.82) is 0 Å². The third-order valence-corrected chi connectivity index (χ3v) is 2.51. The summed E-state index contributed by atoms with van der Waals surface area (Å²) in [7, 11) is 0. The van der Waals surface area contributed by atoms with Crippen LogP contribution in [0.1, 0.15) is 13.3 Å². The standard InChI is InChI=1S/C10H11N/c1-2-5-9-6-3-4-7-10(9,11)8-9/h3-4,6-7H,8,11H2,1H3. The summed E-state index contributed by atoms with van der Waals surface area (Å²) in [5.41, 5.74) is 5.87. The van der Waals surface area contributed by atoms with Crippen molar-refractivity contribution in [3.8, 4) is 11.8 Å². The summed E-state index contributed by atoms with van der Waals surface area (Å²) < 4.78 is 0. The van der Waals surface area contributed by atoms with Crippen molar-refractivity contribution >= 4 is 0 Å². The van der Waals surface area contributed by atoms with Gasteiger partial charge in [-0.1, -0.05) is 30.2 Å².